The van der Waals surface area contributed by atoms with Crippen LogP contribution in [0.25, 0.3) is 60.4 Å². The van der Waals surface area contributed by atoms with Crippen molar-refractivity contribution in [1.29, 1.82) is 0 Å². The molecule has 0 saturated carbocycles. The molecular formula is C30H20N2. The van der Waals surface area contributed by atoms with E-state index in [1.54, 1.807) is 0 Å². The van der Waals surface area contributed by atoms with Crippen molar-refractivity contribution >= 4 is 43.6 Å². The van der Waals surface area contributed by atoms with Gasteiger partial charge in [0.15, 0.2) is 0 Å². The van der Waals surface area contributed by atoms with Crippen LogP contribution in [-0.2, 0) is 0 Å². The smallest absolute Gasteiger partial charge is 0.0544 e. The molecule has 0 bridgehead atoms. The normalized spacial score (nSPS) is 11.8. The van der Waals surface area contributed by atoms with Crippen molar-refractivity contribution in [2.45, 2.75) is 0 Å². The highest BCUT2D eigenvalue weighted by molar-refractivity contribution is 6.14. The molecule has 0 aliphatic carbocycles. The summed E-state index contributed by atoms with van der Waals surface area (Å²) in [7, 11) is 0. The molecule has 0 fully saturated rings. The standard InChI is InChI=1S/C30H20N2/c1-2-9-21(10-3-1)32-28-16-7-5-12-24(28)26-19-20(17-18-29(26)32)22-13-8-14-25-23-11-4-6-15-27(23)31-30(22)25/h1-19,31H. The summed E-state index contributed by atoms with van der Waals surface area (Å²) >= 11 is 0. The van der Waals surface area contributed by atoms with Crippen LogP contribution in [0.15, 0.2) is 115 Å². The summed E-state index contributed by atoms with van der Waals surface area (Å²) < 4.78 is 2.36. The molecule has 150 valence electrons. The van der Waals surface area contributed by atoms with E-state index in [2.05, 4.69) is 125 Å². The van der Waals surface area contributed by atoms with E-state index in [1.165, 1.54) is 60.4 Å². The molecule has 32 heavy (non-hydrogen) atoms. The Kier molecular flexibility index (Phi) is 3.58. The second kappa shape index (κ2) is 6.60. The van der Waals surface area contributed by atoms with Crippen LogP contribution in [0.2, 0.25) is 0 Å². The second-order valence-electron chi connectivity index (χ2n) is 8.32. The van der Waals surface area contributed by atoms with Crippen molar-refractivity contribution in [3.8, 4) is 16.8 Å². The van der Waals surface area contributed by atoms with E-state index in [0.717, 1.165) is 0 Å². The van der Waals surface area contributed by atoms with Crippen LogP contribution in [-0.4, -0.2) is 9.55 Å². The lowest BCUT2D eigenvalue weighted by Gasteiger charge is -2.08. The summed E-state index contributed by atoms with van der Waals surface area (Å²) in [5.74, 6) is 0. The summed E-state index contributed by atoms with van der Waals surface area (Å²) in [6.45, 7) is 0. The van der Waals surface area contributed by atoms with E-state index in [-0.39, 0.29) is 0 Å². The Balaban J connectivity index is 1.54. The van der Waals surface area contributed by atoms with Gasteiger partial charge in [0.2, 0.25) is 0 Å². The number of H-pyrrole nitrogens is 1. The Hall–Kier alpha value is -4.30. The molecule has 2 heteroatoms. The fraction of sp³-hybridized carbons (Fsp3) is 0. The zero-order valence-electron chi connectivity index (χ0n) is 17.4. The molecule has 2 heterocycles. The summed E-state index contributed by atoms with van der Waals surface area (Å²) in [5.41, 5.74) is 8.48. The number of aromatic amines is 1. The fourth-order valence-corrected chi connectivity index (χ4v) is 5.11. The SMILES string of the molecule is c1ccc(-n2c3ccccc3c3cc(-c4cccc5c4[nH]c4ccccc45)ccc32)cc1. The van der Waals surface area contributed by atoms with Gasteiger partial charge in [0, 0.05) is 38.3 Å². The van der Waals surface area contributed by atoms with Gasteiger partial charge in [-0.25, -0.2) is 0 Å². The minimum atomic E-state index is 1.18. The van der Waals surface area contributed by atoms with Gasteiger partial charge in [-0.15, -0.1) is 0 Å². The van der Waals surface area contributed by atoms with Gasteiger partial charge < -0.3 is 9.55 Å². The highest BCUT2D eigenvalue weighted by Gasteiger charge is 2.14. The Morgan fingerprint density at radius 3 is 2.12 bits per heavy atom. The highest BCUT2D eigenvalue weighted by atomic mass is 15.0. The van der Waals surface area contributed by atoms with Crippen LogP contribution in [0.4, 0.5) is 0 Å². The molecule has 0 spiro atoms. The molecule has 0 saturated heterocycles. The molecule has 7 rings (SSSR count). The Labute approximate surface area is 185 Å². The van der Waals surface area contributed by atoms with E-state index in [4.69, 9.17) is 0 Å². The van der Waals surface area contributed by atoms with Crippen molar-refractivity contribution in [2.24, 2.45) is 0 Å². The van der Waals surface area contributed by atoms with Crippen molar-refractivity contribution < 1.29 is 0 Å². The molecule has 2 aromatic heterocycles. The molecule has 0 amide bonds. The minimum Gasteiger partial charge on any atom is -0.354 e. The third-order valence-electron chi connectivity index (χ3n) is 6.54. The molecule has 1 N–H and O–H groups in total. The molecule has 0 atom stereocenters. The van der Waals surface area contributed by atoms with Gasteiger partial charge in [0.1, 0.15) is 0 Å². The number of fused-ring (bicyclic) bond motifs is 6. The van der Waals surface area contributed by atoms with Crippen molar-refractivity contribution in [1.82, 2.24) is 9.55 Å². The first kappa shape index (κ1) is 17.4. The van der Waals surface area contributed by atoms with Gasteiger partial charge in [-0.1, -0.05) is 78.9 Å². The van der Waals surface area contributed by atoms with E-state index < -0.39 is 0 Å². The third kappa shape index (κ3) is 2.41. The van der Waals surface area contributed by atoms with Crippen LogP contribution >= 0.6 is 0 Å². The molecule has 5 aromatic carbocycles. The Bertz CT molecular complexity index is 1770. The molecular weight excluding hydrogens is 388 g/mol. The lowest BCUT2D eigenvalue weighted by Crippen LogP contribution is -1.92. The molecule has 0 aliphatic heterocycles. The molecule has 0 unspecified atom stereocenters. The van der Waals surface area contributed by atoms with Gasteiger partial charge in [-0.3, -0.25) is 0 Å². The maximum Gasteiger partial charge on any atom is 0.0544 e. The summed E-state index contributed by atoms with van der Waals surface area (Å²) in [6.07, 6.45) is 0. The lowest BCUT2D eigenvalue weighted by molar-refractivity contribution is 1.18. The van der Waals surface area contributed by atoms with E-state index in [0.29, 0.717) is 0 Å². The lowest BCUT2D eigenvalue weighted by atomic mass is 10.00. The predicted molar refractivity (Wildman–Crippen MR) is 136 cm³/mol. The van der Waals surface area contributed by atoms with E-state index in [9.17, 15) is 0 Å². The van der Waals surface area contributed by atoms with Crippen LogP contribution in [0.1, 0.15) is 0 Å². The molecule has 7 aromatic rings. The van der Waals surface area contributed by atoms with Gasteiger partial charge in [0.05, 0.1) is 16.6 Å². The first-order valence-electron chi connectivity index (χ1n) is 11.0. The zero-order chi connectivity index (χ0) is 21.1. The first-order valence-corrected chi connectivity index (χ1v) is 11.0. The van der Waals surface area contributed by atoms with Crippen molar-refractivity contribution in [3.05, 3.63) is 115 Å². The van der Waals surface area contributed by atoms with Gasteiger partial charge in [-0.05, 0) is 42.0 Å². The fourth-order valence-electron chi connectivity index (χ4n) is 5.11. The van der Waals surface area contributed by atoms with Crippen LogP contribution in [0.3, 0.4) is 0 Å². The third-order valence-corrected chi connectivity index (χ3v) is 6.54. The predicted octanol–water partition coefficient (Wildman–Crippen LogP) is 8.09. The van der Waals surface area contributed by atoms with Crippen molar-refractivity contribution in [2.75, 3.05) is 0 Å². The number of para-hydroxylation sites is 4. The van der Waals surface area contributed by atoms with E-state index >= 15 is 0 Å². The number of aromatic nitrogens is 2. The van der Waals surface area contributed by atoms with Crippen LogP contribution in [0, 0.1) is 0 Å². The van der Waals surface area contributed by atoms with Crippen molar-refractivity contribution in [3.63, 3.8) is 0 Å². The summed E-state index contributed by atoms with van der Waals surface area (Å²) in [6, 6.07) is 41.3. The zero-order valence-corrected chi connectivity index (χ0v) is 17.4. The number of benzene rings is 5. The first-order chi connectivity index (χ1) is 15.9. The monoisotopic (exact) mass is 408 g/mol. The van der Waals surface area contributed by atoms with Crippen LogP contribution < -0.4 is 0 Å². The topological polar surface area (TPSA) is 20.7 Å². The van der Waals surface area contributed by atoms with Crippen LogP contribution in [0.5, 0.6) is 0 Å². The average molecular weight is 409 g/mol. The number of hydrogen-bond donors (Lipinski definition) is 1. The Morgan fingerprint density at radius 2 is 1.22 bits per heavy atom. The quantitative estimate of drug-likeness (QED) is 0.298. The van der Waals surface area contributed by atoms with Gasteiger partial charge in [0.25, 0.3) is 0 Å². The highest BCUT2D eigenvalue weighted by Crippen LogP contribution is 2.37. The molecule has 0 radical (unpaired) electrons. The van der Waals surface area contributed by atoms with Gasteiger partial charge >= 0.3 is 0 Å². The largest absolute Gasteiger partial charge is 0.354 e. The molecule has 2 nitrogen and oxygen atoms in total. The number of nitrogens with one attached hydrogen (secondary N) is 1. The Morgan fingerprint density at radius 1 is 0.500 bits per heavy atom. The maximum atomic E-state index is 3.66. The van der Waals surface area contributed by atoms with Gasteiger partial charge in [-0.2, -0.15) is 0 Å². The maximum absolute atomic E-state index is 3.66. The number of hydrogen-bond acceptors (Lipinski definition) is 0. The summed E-state index contributed by atoms with van der Waals surface area (Å²) in [5, 5.41) is 5.09. The van der Waals surface area contributed by atoms with E-state index in [1.807, 2.05) is 0 Å². The summed E-state index contributed by atoms with van der Waals surface area (Å²) in [4.78, 5) is 3.66. The minimum absolute atomic E-state index is 1.18. The number of rotatable bonds is 2. The number of nitrogens with zero attached hydrogens (tertiary/aromatic N) is 1. The average Bonchev–Trinajstić information content (AvgIpc) is 3.40. The molecule has 0 aliphatic rings. The second-order valence-corrected chi connectivity index (χ2v) is 8.32.